The molecule has 1 heterocycles. The average Bonchev–Trinajstić information content (AvgIpc) is 2.34. The van der Waals surface area contributed by atoms with Gasteiger partial charge in [0.1, 0.15) is 11.4 Å². The summed E-state index contributed by atoms with van der Waals surface area (Å²) in [6.45, 7) is 0. The van der Waals surface area contributed by atoms with Crippen molar-refractivity contribution in [2.75, 3.05) is 11.1 Å². The number of hydrogen-bond donors (Lipinski definition) is 3. The number of nitrogens with two attached hydrogens (primary N) is 1. The Morgan fingerprint density at radius 2 is 2.00 bits per heavy atom. The van der Waals surface area contributed by atoms with Crippen LogP contribution in [-0.2, 0) is 0 Å². The SMILES string of the molecule is Nc1cc(Nc2ncccn2)c([N+](=O)[O-])cc1O. The maximum absolute atomic E-state index is 10.8. The minimum absolute atomic E-state index is 0.0269. The Kier molecular flexibility index (Phi) is 2.92. The van der Waals surface area contributed by atoms with Gasteiger partial charge in [-0.25, -0.2) is 9.97 Å². The maximum atomic E-state index is 10.8. The van der Waals surface area contributed by atoms with Crippen molar-refractivity contribution >= 4 is 23.0 Å². The monoisotopic (exact) mass is 247 g/mol. The van der Waals surface area contributed by atoms with Crippen LogP contribution in [0.1, 0.15) is 0 Å². The Balaban J connectivity index is 2.43. The minimum atomic E-state index is -0.634. The number of phenols is 1. The summed E-state index contributed by atoms with van der Waals surface area (Å²) in [6.07, 6.45) is 2.98. The third kappa shape index (κ3) is 2.26. The van der Waals surface area contributed by atoms with Crippen LogP contribution in [0.4, 0.5) is 23.0 Å². The van der Waals surface area contributed by atoms with Crippen LogP contribution in [0.2, 0.25) is 0 Å². The molecule has 0 saturated carbocycles. The molecule has 0 bridgehead atoms. The van der Waals surface area contributed by atoms with E-state index in [4.69, 9.17) is 5.73 Å². The number of nitrogen functional groups attached to an aromatic ring is 1. The van der Waals surface area contributed by atoms with Crippen molar-refractivity contribution in [2.24, 2.45) is 0 Å². The zero-order valence-corrected chi connectivity index (χ0v) is 9.07. The topological polar surface area (TPSA) is 127 Å². The van der Waals surface area contributed by atoms with Crippen LogP contribution >= 0.6 is 0 Å². The van der Waals surface area contributed by atoms with Crippen molar-refractivity contribution in [1.29, 1.82) is 0 Å². The summed E-state index contributed by atoms with van der Waals surface area (Å²) in [5.41, 5.74) is 5.32. The first-order chi connectivity index (χ1) is 8.58. The Morgan fingerprint density at radius 3 is 2.61 bits per heavy atom. The van der Waals surface area contributed by atoms with E-state index >= 15 is 0 Å². The molecule has 0 saturated heterocycles. The van der Waals surface area contributed by atoms with Gasteiger partial charge in [0.2, 0.25) is 5.95 Å². The molecule has 0 aliphatic rings. The highest BCUT2D eigenvalue weighted by Gasteiger charge is 2.17. The molecule has 4 N–H and O–H groups in total. The Labute approximate surface area is 101 Å². The predicted molar refractivity (Wildman–Crippen MR) is 64.5 cm³/mol. The lowest BCUT2D eigenvalue weighted by atomic mass is 10.2. The summed E-state index contributed by atoms with van der Waals surface area (Å²) in [6, 6.07) is 3.84. The van der Waals surface area contributed by atoms with E-state index in [2.05, 4.69) is 15.3 Å². The van der Waals surface area contributed by atoms with Gasteiger partial charge >= 0.3 is 0 Å². The molecule has 0 aliphatic carbocycles. The molecular weight excluding hydrogens is 238 g/mol. The van der Waals surface area contributed by atoms with Crippen molar-refractivity contribution in [3.63, 3.8) is 0 Å². The van der Waals surface area contributed by atoms with Gasteiger partial charge < -0.3 is 16.2 Å². The summed E-state index contributed by atoms with van der Waals surface area (Å²) in [5, 5.41) is 22.9. The van der Waals surface area contributed by atoms with Crippen LogP contribution in [0.25, 0.3) is 0 Å². The fourth-order valence-electron chi connectivity index (χ4n) is 1.33. The zero-order valence-electron chi connectivity index (χ0n) is 9.07. The number of nitro groups is 1. The van der Waals surface area contributed by atoms with Crippen molar-refractivity contribution in [2.45, 2.75) is 0 Å². The van der Waals surface area contributed by atoms with E-state index in [-0.39, 0.29) is 28.8 Å². The molecule has 8 nitrogen and oxygen atoms in total. The molecule has 18 heavy (non-hydrogen) atoms. The second kappa shape index (κ2) is 4.53. The Bertz CT molecular complexity index is 588. The highest BCUT2D eigenvalue weighted by atomic mass is 16.6. The van der Waals surface area contributed by atoms with E-state index in [1.807, 2.05) is 0 Å². The zero-order chi connectivity index (χ0) is 13.1. The van der Waals surface area contributed by atoms with Crippen molar-refractivity contribution in [3.8, 4) is 5.75 Å². The molecule has 0 spiro atoms. The maximum Gasteiger partial charge on any atom is 0.296 e. The Morgan fingerprint density at radius 1 is 1.33 bits per heavy atom. The largest absolute Gasteiger partial charge is 0.506 e. The summed E-state index contributed by atoms with van der Waals surface area (Å²) >= 11 is 0. The summed E-state index contributed by atoms with van der Waals surface area (Å²) in [4.78, 5) is 18.0. The van der Waals surface area contributed by atoms with Gasteiger partial charge in [0.25, 0.3) is 5.69 Å². The normalized spacial score (nSPS) is 10.0. The van der Waals surface area contributed by atoms with Gasteiger partial charge in [0.15, 0.2) is 0 Å². The van der Waals surface area contributed by atoms with Crippen LogP contribution < -0.4 is 11.1 Å². The van der Waals surface area contributed by atoms with E-state index in [1.54, 1.807) is 6.07 Å². The number of aromatic nitrogens is 2. The molecule has 2 rings (SSSR count). The van der Waals surface area contributed by atoms with Crippen molar-refractivity contribution < 1.29 is 10.0 Å². The first-order valence-electron chi connectivity index (χ1n) is 4.89. The summed E-state index contributed by atoms with van der Waals surface area (Å²) < 4.78 is 0. The van der Waals surface area contributed by atoms with Crippen LogP contribution in [0.3, 0.4) is 0 Å². The number of hydrogen-bond acceptors (Lipinski definition) is 7. The fourth-order valence-corrected chi connectivity index (χ4v) is 1.33. The van der Waals surface area contributed by atoms with Gasteiger partial charge in [0, 0.05) is 12.4 Å². The lowest BCUT2D eigenvalue weighted by molar-refractivity contribution is -0.384. The van der Waals surface area contributed by atoms with Crippen LogP contribution in [-0.4, -0.2) is 20.0 Å². The number of rotatable bonds is 3. The molecule has 0 radical (unpaired) electrons. The molecule has 92 valence electrons. The number of nitrogens with one attached hydrogen (secondary N) is 1. The molecule has 0 amide bonds. The molecule has 0 fully saturated rings. The molecule has 0 aliphatic heterocycles. The van der Waals surface area contributed by atoms with Crippen LogP contribution in [0.5, 0.6) is 5.75 Å². The lowest BCUT2D eigenvalue weighted by Crippen LogP contribution is -2.01. The average molecular weight is 247 g/mol. The second-order valence-corrected chi connectivity index (χ2v) is 3.38. The van der Waals surface area contributed by atoms with E-state index in [9.17, 15) is 15.2 Å². The molecule has 2 aromatic rings. The minimum Gasteiger partial charge on any atom is -0.506 e. The third-order valence-corrected chi connectivity index (χ3v) is 2.15. The van der Waals surface area contributed by atoms with Gasteiger partial charge in [-0.3, -0.25) is 10.1 Å². The van der Waals surface area contributed by atoms with Crippen molar-refractivity contribution in [3.05, 3.63) is 40.7 Å². The lowest BCUT2D eigenvalue weighted by Gasteiger charge is -2.07. The second-order valence-electron chi connectivity index (χ2n) is 3.38. The molecule has 1 aromatic carbocycles. The number of nitro benzene ring substituents is 1. The molecule has 0 unspecified atom stereocenters. The van der Waals surface area contributed by atoms with E-state index in [0.717, 1.165) is 6.07 Å². The predicted octanol–water partition coefficient (Wildman–Crippen LogP) is 1.42. The number of anilines is 3. The highest BCUT2D eigenvalue weighted by molar-refractivity contribution is 5.75. The highest BCUT2D eigenvalue weighted by Crippen LogP contribution is 2.34. The molecular formula is C10H9N5O3. The van der Waals surface area contributed by atoms with Crippen LogP contribution in [0.15, 0.2) is 30.6 Å². The third-order valence-electron chi connectivity index (χ3n) is 2.15. The summed E-state index contributed by atoms with van der Waals surface area (Å²) in [7, 11) is 0. The fraction of sp³-hybridized carbons (Fsp3) is 0. The number of aromatic hydroxyl groups is 1. The molecule has 1 aromatic heterocycles. The first-order valence-corrected chi connectivity index (χ1v) is 4.89. The molecule has 0 atom stereocenters. The van der Waals surface area contributed by atoms with E-state index < -0.39 is 4.92 Å². The smallest absolute Gasteiger partial charge is 0.296 e. The van der Waals surface area contributed by atoms with Crippen LogP contribution in [0, 0.1) is 10.1 Å². The van der Waals surface area contributed by atoms with E-state index in [1.165, 1.54) is 18.5 Å². The molecule has 8 heteroatoms. The van der Waals surface area contributed by atoms with Gasteiger partial charge in [-0.05, 0) is 12.1 Å². The number of phenolic OH excluding ortho intramolecular Hbond substituents is 1. The van der Waals surface area contributed by atoms with Gasteiger partial charge in [-0.15, -0.1) is 0 Å². The Hall–Kier alpha value is -2.90. The summed E-state index contributed by atoms with van der Waals surface area (Å²) in [5.74, 6) is -0.146. The number of benzene rings is 1. The van der Waals surface area contributed by atoms with E-state index in [0.29, 0.717) is 0 Å². The van der Waals surface area contributed by atoms with Gasteiger partial charge in [0.05, 0.1) is 16.7 Å². The van der Waals surface area contributed by atoms with Gasteiger partial charge in [-0.2, -0.15) is 0 Å². The first kappa shape index (κ1) is 11.6. The van der Waals surface area contributed by atoms with Gasteiger partial charge in [-0.1, -0.05) is 0 Å². The standard InChI is InChI=1S/C10H9N5O3/c11-6-4-7(8(15(17)18)5-9(6)16)14-10-12-2-1-3-13-10/h1-5,16H,11H2,(H,12,13,14). The quantitative estimate of drug-likeness (QED) is 0.246. The number of nitrogens with zero attached hydrogens (tertiary/aromatic N) is 3. The van der Waals surface area contributed by atoms with Crippen molar-refractivity contribution in [1.82, 2.24) is 9.97 Å².